The molecule has 2 saturated heterocycles. The van der Waals surface area contributed by atoms with Crippen LogP contribution in [0.5, 0.6) is 5.75 Å². The molecule has 2 aromatic carbocycles. The van der Waals surface area contributed by atoms with Gasteiger partial charge in [-0.3, -0.25) is 14.5 Å². The van der Waals surface area contributed by atoms with Crippen molar-refractivity contribution in [3.8, 4) is 5.75 Å². The van der Waals surface area contributed by atoms with Crippen LogP contribution in [0.15, 0.2) is 54.1 Å². The summed E-state index contributed by atoms with van der Waals surface area (Å²) in [5, 5.41) is 11.2. The van der Waals surface area contributed by atoms with Crippen molar-refractivity contribution >= 4 is 17.4 Å². The smallest absolute Gasteiger partial charge is 0.295 e. The van der Waals surface area contributed by atoms with E-state index < -0.39 is 23.5 Å². The number of nitrogens with zero attached hydrogens (tertiary/aromatic N) is 2. The van der Waals surface area contributed by atoms with Gasteiger partial charge in [0, 0.05) is 37.3 Å². The number of ether oxygens (including phenoxy) is 2. The van der Waals surface area contributed by atoms with Crippen LogP contribution in [0.4, 0.5) is 4.39 Å². The minimum atomic E-state index is -1.01. The number of likely N-dealkylation sites (tertiary alicyclic amines) is 1. The molecule has 2 aromatic rings. The van der Waals surface area contributed by atoms with Crippen LogP contribution < -0.4 is 4.74 Å². The van der Waals surface area contributed by atoms with Crippen LogP contribution in [0.1, 0.15) is 30.5 Å². The summed E-state index contributed by atoms with van der Waals surface area (Å²) in [6.45, 7) is 6.22. The molecule has 7 nitrogen and oxygen atoms in total. The van der Waals surface area contributed by atoms with Gasteiger partial charge in [-0.05, 0) is 31.5 Å². The summed E-state index contributed by atoms with van der Waals surface area (Å²) < 4.78 is 25.8. The molecule has 1 atom stereocenters. The van der Waals surface area contributed by atoms with Crippen LogP contribution in [-0.4, -0.2) is 72.6 Å². The zero-order valence-electron chi connectivity index (χ0n) is 19.2. The van der Waals surface area contributed by atoms with Gasteiger partial charge < -0.3 is 19.5 Å². The quantitative estimate of drug-likeness (QED) is 0.364. The molecule has 0 radical (unpaired) electrons. The van der Waals surface area contributed by atoms with Crippen LogP contribution in [0.25, 0.3) is 5.76 Å². The summed E-state index contributed by atoms with van der Waals surface area (Å²) in [6.07, 6.45) is 0.609. The van der Waals surface area contributed by atoms with Gasteiger partial charge in [-0.2, -0.15) is 0 Å². The predicted molar refractivity (Wildman–Crippen MR) is 125 cm³/mol. The van der Waals surface area contributed by atoms with Gasteiger partial charge in [0.2, 0.25) is 0 Å². The second kappa shape index (κ2) is 10.8. The lowest BCUT2D eigenvalue weighted by Gasteiger charge is -2.29. The normalized spacial score (nSPS) is 20.6. The lowest BCUT2D eigenvalue weighted by Crippen LogP contribution is -2.39. The third-order valence-electron chi connectivity index (χ3n) is 6.14. The van der Waals surface area contributed by atoms with Crippen molar-refractivity contribution in [2.45, 2.75) is 19.4 Å². The molecule has 1 unspecified atom stereocenters. The number of carbonyl (C=O) groups excluding carboxylic acids is 2. The van der Waals surface area contributed by atoms with E-state index in [0.29, 0.717) is 37.6 Å². The number of halogens is 1. The molecule has 34 heavy (non-hydrogen) atoms. The third kappa shape index (κ3) is 4.98. The van der Waals surface area contributed by atoms with Gasteiger partial charge in [0.05, 0.1) is 31.4 Å². The molecule has 8 heteroatoms. The SMILES string of the molecule is CCOc1cccc(/C(O)=C2\C(=O)C(=O)N(CCCN3CCOCC3)C2c2ccccc2F)c1. The van der Waals surface area contributed by atoms with Gasteiger partial charge in [-0.15, -0.1) is 0 Å². The fourth-order valence-corrected chi connectivity index (χ4v) is 4.48. The van der Waals surface area contributed by atoms with Crippen LogP contribution in [0.3, 0.4) is 0 Å². The molecule has 0 saturated carbocycles. The van der Waals surface area contributed by atoms with E-state index in [2.05, 4.69) is 4.90 Å². The first-order valence-corrected chi connectivity index (χ1v) is 11.6. The van der Waals surface area contributed by atoms with E-state index in [1.54, 1.807) is 42.5 Å². The molecule has 2 fully saturated rings. The average Bonchev–Trinajstić information content (AvgIpc) is 3.10. The monoisotopic (exact) mass is 468 g/mol. The number of hydrogen-bond acceptors (Lipinski definition) is 6. The first-order valence-electron chi connectivity index (χ1n) is 11.6. The molecule has 180 valence electrons. The van der Waals surface area contributed by atoms with Crippen molar-refractivity contribution in [2.75, 3.05) is 46.0 Å². The first kappa shape index (κ1) is 23.9. The first-order chi connectivity index (χ1) is 16.5. The summed E-state index contributed by atoms with van der Waals surface area (Å²) in [4.78, 5) is 29.8. The molecule has 4 rings (SSSR count). The summed E-state index contributed by atoms with van der Waals surface area (Å²) in [6, 6.07) is 11.7. The van der Waals surface area contributed by atoms with E-state index in [9.17, 15) is 19.1 Å². The van der Waals surface area contributed by atoms with Crippen molar-refractivity contribution in [1.29, 1.82) is 0 Å². The van der Waals surface area contributed by atoms with E-state index in [4.69, 9.17) is 9.47 Å². The summed E-state index contributed by atoms with van der Waals surface area (Å²) >= 11 is 0. The Labute approximate surface area is 198 Å². The number of aliphatic hydroxyl groups is 1. The standard InChI is InChI=1S/C26H29FN2O5/c1-2-34-19-8-5-7-18(17-19)24(30)22-23(20-9-3-4-10-21(20)27)29(26(32)25(22)31)12-6-11-28-13-15-33-16-14-28/h3-5,7-10,17,23,30H,2,6,11-16H2,1H3/b24-22+. The summed E-state index contributed by atoms with van der Waals surface area (Å²) in [5.74, 6) is -1.92. The Morgan fingerprint density at radius 1 is 1.12 bits per heavy atom. The van der Waals surface area contributed by atoms with Crippen molar-refractivity contribution < 1.29 is 28.6 Å². The largest absolute Gasteiger partial charge is 0.507 e. The van der Waals surface area contributed by atoms with E-state index >= 15 is 0 Å². The number of rotatable bonds is 8. The number of hydrogen-bond donors (Lipinski definition) is 1. The minimum absolute atomic E-state index is 0.116. The third-order valence-corrected chi connectivity index (χ3v) is 6.14. The van der Waals surface area contributed by atoms with Crippen LogP contribution in [-0.2, 0) is 14.3 Å². The van der Waals surface area contributed by atoms with Crippen molar-refractivity contribution in [3.05, 3.63) is 71.0 Å². The summed E-state index contributed by atoms with van der Waals surface area (Å²) in [5.41, 5.74) is 0.393. The van der Waals surface area contributed by atoms with Gasteiger partial charge in [0.1, 0.15) is 17.3 Å². The number of carbonyl (C=O) groups is 2. The number of ketones is 1. The maximum atomic E-state index is 14.9. The van der Waals surface area contributed by atoms with E-state index in [0.717, 1.165) is 19.6 Å². The fraction of sp³-hybridized carbons (Fsp3) is 0.385. The molecule has 2 heterocycles. The molecule has 0 aliphatic carbocycles. The van der Waals surface area contributed by atoms with Gasteiger partial charge in [0.25, 0.3) is 11.7 Å². The average molecular weight is 469 g/mol. The topological polar surface area (TPSA) is 79.3 Å². The van der Waals surface area contributed by atoms with Crippen LogP contribution in [0, 0.1) is 5.82 Å². The Morgan fingerprint density at radius 2 is 1.88 bits per heavy atom. The van der Waals surface area contributed by atoms with Crippen LogP contribution >= 0.6 is 0 Å². The molecular formula is C26H29FN2O5. The highest BCUT2D eigenvalue weighted by Crippen LogP contribution is 2.40. The highest BCUT2D eigenvalue weighted by atomic mass is 19.1. The maximum Gasteiger partial charge on any atom is 0.295 e. The van der Waals surface area contributed by atoms with Crippen molar-refractivity contribution in [3.63, 3.8) is 0 Å². The van der Waals surface area contributed by atoms with Crippen LogP contribution in [0.2, 0.25) is 0 Å². The Balaban J connectivity index is 1.69. The van der Waals surface area contributed by atoms with Crippen molar-refractivity contribution in [2.24, 2.45) is 0 Å². The predicted octanol–water partition coefficient (Wildman–Crippen LogP) is 3.37. The van der Waals surface area contributed by atoms with Gasteiger partial charge >= 0.3 is 0 Å². The van der Waals surface area contributed by atoms with Gasteiger partial charge in [0.15, 0.2) is 0 Å². The Bertz CT molecular complexity index is 1080. The molecule has 2 aliphatic rings. The number of Topliss-reactive ketones (excluding diaryl/α,β-unsaturated/α-hetero) is 1. The molecule has 2 aliphatic heterocycles. The molecular weight excluding hydrogens is 439 g/mol. The zero-order chi connectivity index (χ0) is 24.1. The summed E-state index contributed by atoms with van der Waals surface area (Å²) in [7, 11) is 0. The van der Waals surface area contributed by atoms with E-state index in [1.807, 2.05) is 6.92 Å². The number of amides is 1. The van der Waals surface area contributed by atoms with E-state index in [-0.39, 0.29) is 23.4 Å². The maximum absolute atomic E-state index is 14.9. The fourth-order valence-electron chi connectivity index (χ4n) is 4.48. The van der Waals surface area contributed by atoms with Gasteiger partial charge in [-0.25, -0.2) is 4.39 Å². The lowest BCUT2D eigenvalue weighted by molar-refractivity contribution is -0.140. The number of morpholine rings is 1. The number of aliphatic hydroxyl groups excluding tert-OH is 1. The highest BCUT2D eigenvalue weighted by molar-refractivity contribution is 6.46. The molecule has 1 N–H and O–H groups in total. The minimum Gasteiger partial charge on any atom is -0.507 e. The molecule has 1 amide bonds. The Morgan fingerprint density at radius 3 is 2.62 bits per heavy atom. The van der Waals surface area contributed by atoms with Crippen molar-refractivity contribution in [1.82, 2.24) is 9.80 Å². The van der Waals surface area contributed by atoms with E-state index in [1.165, 1.54) is 11.0 Å². The highest BCUT2D eigenvalue weighted by Gasteiger charge is 2.46. The Kier molecular flexibility index (Phi) is 7.59. The second-order valence-electron chi connectivity index (χ2n) is 8.28. The number of benzene rings is 2. The van der Waals surface area contributed by atoms with Gasteiger partial charge in [-0.1, -0.05) is 30.3 Å². The lowest BCUT2D eigenvalue weighted by atomic mass is 9.95. The second-order valence-corrected chi connectivity index (χ2v) is 8.28. The molecule has 0 aromatic heterocycles. The molecule has 0 spiro atoms. The molecule has 0 bridgehead atoms. The zero-order valence-corrected chi connectivity index (χ0v) is 19.2. The Hall–Kier alpha value is -3.23.